The first kappa shape index (κ1) is 19.0. The van der Waals surface area contributed by atoms with Gasteiger partial charge in [0.05, 0.1) is 4.92 Å². The van der Waals surface area contributed by atoms with Crippen molar-refractivity contribution in [3.05, 3.63) is 111 Å². The molecule has 0 amide bonds. The summed E-state index contributed by atoms with van der Waals surface area (Å²) in [4.78, 5) is 11.8. The van der Waals surface area contributed by atoms with Crippen molar-refractivity contribution in [3.8, 4) is 0 Å². The number of hydrogen-bond acceptors (Lipinski definition) is 2. The zero-order valence-electron chi connectivity index (χ0n) is 17.9. The molecule has 0 aromatic heterocycles. The number of benzene rings is 1. The minimum atomic E-state index is -0.434. The Balaban J connectivity index is 1.76. The Bertz CT molecular complexity index is 1140. The molecule has 1 aromatic carbocycles. The first-order valence-corrected chi connectivity index (χ1v) is 10.6. The molecule has 5 rings (SSSR count). The second-order valence-electron chi connectivity index (χ2n) is 9.92. The van der Waals surface area contributed by atoms with E-state index in [-0.39, 0.29) is 27.4 Å². The highest BCUT2D eigenvalue weighted by molar-refractivity contribution is 5.79. The number of nitro groups is 1. The third-order valence-electron chi connectivity index (χ3n) is 7.88. The topological polar surface area (TPSA) is 43.1 Å². The fourth-order valence-corrected chi connectivity index (χ4v) is 6.29. The highest BCUT2D eigenvalue weighted by atomic mass is 16.6. The molecule has 0 radical (unpaired) electrons. The zero-order chi connectivity index (χ0) is 21.3. The van der Waals surface area contributed by atoms with Crippen molar-refractivity contribution in [1.29, 1.82) is 0 Å². The minimum absolute atomic E-state index is 0.0105. The second kappa shape index (κ2) is 6.04. The maximum absolute atomic E-state index is 12.0. The van der Waals surface area contributed by atoms with Gasteiger partial charge in [-0.3, -0.25) is 10.1 Å². The van der Waals surface area contributed by atoms with Crippen LogP contribution >= 0.6 is 0 Å². The SMILES string of the molecule is CC12C=CC=CC1C=CC([N+](=O)[O-])=C2c1ccc2c(c1)C1(C)C=CC=CC1C2(C)C. The van der Waals surface area contributed by atoms with E-state index in [1.807, 2.05) is 18.2 Å². The number of nitrogens with zero attached hydrogens (tertiary/aromatic N) is 1. The van der Waals surface area contributed by atoms with Crippen LogP contribution in [0.2, 0.25) is 0 Å². The molecule has 4 atom stereocenters. The van der Waals surface area contributed by atoms with E-state index in [9.17, 15) is 10.1 Å². The zero-order valence-corrected chi connectivity index (χ0v) is 17.9. The lowest BCUT2D eigenvalue weighted by atomic mass is 9.64. The van der Waals surface area contributed by atoms with Crippen molar-refractivity contribution in [1.82, 2.24) is 0 Å². The van der Waals surface area contributed by atoms with Crippen LogP contribution in [0.25, 0.3) is 5.57 Å². The summed E-state index contributed by atoms with van der Waals surface area (Å²) in [6.07, 6.45) is 20.8. The third kappa shape index (κ3) is 2.32. The van der Waals surface area contributed by atoms with Gasteiger partial charge in [0.25, 0.3) is 5.70 Å². The van der Waals surface area contributed by atoms with Gasteiger partial charge in [0, 0.05) is 28.4 Å². The summed E-state index contributed by atoms with van der Waals surface area (Å²) in [6.45, 7) is 9.03. The van der Waals surface area contributed by atoms with E-state index in [1.54, 1.807) is 6.08 Å². The predicted molar refractivity (Wildman–Crippen MR) is 122 cm³/mol. The van der Waals surface area contributed by atoms with E-state index in [1.165, 1.54) is 11.1 Å². The second-order valence-corrected chi connectivity index (χ2v) is 9.92. The van der Waals surface area contributed by atoms with Crippen LogP contribution in [0, 0.1) is 27.4 Å². The Morgan fingerprint density at radius 1 is 0.867 bits per heavy atom. The molecular formula is C27H27NO2. The van der Waals surface area contributed by atoms with Crippen molar-refractivity contribution in [3.63, 3.8) is 0 Å². The van der Waals surface area contributed by atoms with Gasteiger partial charge in [-0.1, -0.05) is 101 Å². The van der Waals surface area contributed by atoms with Crippen LogP contribution in [0.5, 0.6) is 0 Å². The third-order valence-corrected chi connectivity index (χ3v) is 7.88. The van der Waals surface area contributed by atoms with Crippen LogP contribution in [0.3, 0.4) is 0 Å². The number of hydrogen-bond donors (Lipinski definition) is 0. The van der Waals surface area contributed by atoms with E-state index in [0.29, 0.717) is 5.92 Å². The molecule has 0 heterocycles. The van der Waals surface area contributed by atoms with Crippen LogP contribution in [0.15, 0.2) is 84.7 Å². The number of rotatable bonds is 2. The maximum Gasteiger partial charge on any atom is 0.273 e. The van der Waals surface area contributed by atoms with Crippen molar-refractivity contribution < 1.29 is 4.92 Å². The van der Waals surface area contributed by atoms with Gasteiger partial charge in [-0.25, -0.2) is 0 Å². The average molecular weight is 398 g/mol. The predicted octanol–water partition coefficient (Wildman–Crippen LogP) is 6.28. The standard InChI is InChI=1S/C27H27NO2/c1-25(2)20-13-11-18(17-21(20)27(4)16-8-6-10-23(25)27)24-22(28(29)30)14-12-19-9-5-7-15-26(19,24)3/h5-17,19,23H,1-4H3. The summed E-state index contributed by atoms with van der Waals surface area (Å²) in [5.74, 6) is 0.489. The Kier molecular flexibility index (Phi) is 3.83. The normalized spacial score (nSPS) is 34.7. The van der Waals surface area contributed by atoms with Crippen molar-refractivity contribution in [2.75, 3.05) is 0 Å². The van der Waals surface area contributed by atoms with Crippen LogP contribution in [-0.4, -0.2) is 4.92 Å². The summed E-state index contributed by atoms with van der Waals surface area (Å²) >= 11 is 0. The molecule has 0 fully saturated rings. The molecule has 4 unspecified atom stereocenters. The molecule has 30 heavy (non-hydrogen) atoms. The number of fused-ring (bicyclic) bond motifs is 4. The Hall–Kier alpha value is -2.94. The summed E-state index contributed by atoms with van der Waals surface area (Å²) in [7, 11) is 0. The van der Waals surface area contributed by atoms with Gasteiger partial charge in [-0.2, -0.15) is 0 Å². The lowest BCUT2D eigenvalue weighted by molar-refractivity contribution is -0.418. The van der Waals surface area contributed by atoms with E-state index in [2.05, 4.69) is 82.4 Å². The molecule has 0 bridgehead atoms. The smallest absolute Gasteiger partial charge is 0.258 e. The van der Waals surface area contributed by atoms with E-state index in [4.69, 9.17) is 0 Å². The molecule has 0 spiro atoms. The molecule has 0 N–H and O–H groups in total. The summed E-state index contributed by atoms with van der Waals surface area (Å²) in [6, 6.07) is 6.54. The lowest BCUT2D eigenvalue weighted by Crippen LogP contribution is -2.34. The van der Waals surface area contributed by atoms with Crippen LogP contribution < -0.4 is 0 Å². The van der Waals surface area contributed by atoms with Gasteiger partial charge in [0.15, 0.2) is 0 Å². The fourth-order valence-electron chi connectivity index (χ4n) is 6.29. The maximum atomic E-state index is 12.0. The highest BCUT2D eigenvalue weighted by Crippen LogP contribution is 2.58. The van der Waals surface area contributed by atoms with Crippen LogP contribution in [0.4, 0.5) is 0 Å². The number of allylic oxidation sites excluding steroid dienone is 11. The van der Waals surface area contributed by atoms with E-state index in [0.717, 1.165) is 11.1 Å². The molecule has 4 aliphatic rings. The molecule has 0 aliphatic heterocycles. The summed E-state index contributed by atoms with van der Waals surface area (Å²) < 4.78 is 0. The molecule has 0 saturated carbocycles. The van der Waals surface area contributed by atoms with Crippen LogP contribution in [0.1, 0.15) is 44.4 Å². The largest absolute Gasteiger partial charge is 0.273 e. The quantitative estimate of drug-likeness (QED) is 0.435. The molecule has 3 heteroatoms. The monoisotopic (exact) mass is 397 g/mol. The first-order chi connectivity index (χ1) is 14.2. The van der Waals surface area contributed by atoms with Crippen molar-refractivity contribution in [2.24, 2.45) is 17.3 Å². The van der Waals surface area contributed by atoms with Gasteiger partial charge in [0.2, 0.25) is 0 Å². The Labute approximate surface area is 178 Å². The van der Waals surface area contributed by atoms with E-state index >= 15 is 0 Å². The highest BCUT2D eigenvalue weighted by Gasteiger charge is 2.52. The van der Waals surface area contributed by atoms with Crippen molar-refractivity contribution in [2.45, 2.75) is 38.5 Å². The van der Waals surface area contributed by atoms with Gasteiger partial charge in [-0.05, 0) is 28.0 Å². The molecule has 1 aromatic rings. The molecule has 4 aliphatic carbocycles. The van der Waals surface area contributed by atoms with Crippen LogP contribution in [-0.2, 0) is 10.8 Å². The Morgan fingerprint density at radius 3 is 2.30 bits per heavy atom. The van der Waals surface area contributed by atoms with Crippen molar-refractivity contribution >= 4 is 5.57 Å². The van der Waals surface area contributed by atoms with Gasteiger partial charge in [0.1, 0.15) is 0 Å². The summed E-state index contributed by atoms with van der Waals surface area (Å²) in [5, 5.41) is 12.0. The van der Waals surface area contributed by atoms with Gasteiger partial charge >= 0.3 is 0 Å². The summed E-state index contributed by atoms with van der Waals surface area (Å²) in [5.41, 5.74) is 4.06. The first-order valence-electron chi connectivity index (χ1n) is 10.6. The Morgan fingerprint density at radius 2 is 1.57 bits per heavy atom. The fraction of sp³-hybridized carbons (Fsp3) is 0.333. The van der Waals surface area contributed by atoms with Gasteiger partial charge < -0.3 is 0 Å². The van der Waals surface area contributed by atoms with Gasteiger partial charge in [-0.15, -0.1) is 0 Å². The molecular weight excluding hydrogens is 370 g/mol. The molecule has 3 nitrogen and oxygen atoms in total. The average Bonchev–Trinajstić information content (AvgIpc) is 2.89. The minimum Gasteiger partial charge on any atom is -0.258 e. The van der Waals surface area contributed by atoms with E-state index < -0.39 is 5.41 Å². The lowest BCUT2D eigenvalue weighted by Gasteiger charge is -2.38. The molecule has 152 valence electrons. The molecule has 0 saturated heterocycles.